The van der Waals surface area contributed by atoms with Crippen LogP contribution in [0.2, 0.25) is 0 Å². The summed E-state index contributed by atoms with van der Waals surface area (Å²) in [6, 6.07) is 5.38. The summed E-state index contributed by atoms with van der Waals surface area (Å²) in [5.74, 6) is -0.407. The maximum atomic E-state index is 12.7. The van der Waals surface area contributed by atoms with Crippen molar-refractivity contribution in [1.29, 1.82) is 0 Å². The van der Waals surface area contributed by atoms with E-state index in [4.69, 9.17) is 9.68 Å². The van der Waals surface area contributed by atoms with Crippen LogP contribution in [-0.4, -0.2) is 36.5 Å². The van der Waals surface area contributed by atoms with Crippen molar-refractivity contribution in [3.63, 3.8) is 0 Å². The molecule has 0 bridgehead atoms. The smallest absolute Gasteiger partial charge is 0.274 e. The lowest BCUT2D eigenvalue weighted by Crippen LogP contribution is -2.29. The van der Waals surface area contributed by atoms with E-state index in [9.17, 15) is 13.6 Å². The van der Waals surface area contributed by atoms with Crippen molar-refractivity contribution in [2.24, 2.45) is 10.3 Å². The molecule has 2 rings (SSSR count). The molecule has 0 atom stereocenters. The highest BCUT2D eigenvalue weighted by molar-refractivity contribution is 7.13. The topological polar surface area (TPSA) is 85.2 Å². The third kappa shape index (κ3) is 5.10. The van der Waals surface area contributed by atoms with E-state index in [1.165, 1.54) is 14.2 Å². The van der Waals surface area contributed by atoms with Crippen molar-refractivity contribution in [3.8, 4) is 0 Å². The first-order valence-electron chi connectivity index (χ1n) is 8.21. The molecule has 1 aromatic carbocycles. The van der Waals surface area contributed by atoms with Crippen LogP contribution in [-0.2, 0) is 21.1 Å². The summed E-state index contributed by atoms with van der Waals surface area (Å²) in [7, 11) is 2.85. The number of alkyl halides is 2. The summed E-state index contributed by atoms with van der Waals surface area (Å²) in [5, 5.41) is 10.6. The molecule has 2 aromatic rings. The first kappa shape index (κ1) is 21.4. The third-order valence-electron chi connectivity index (χ3n) is 3.75. The van der Waals surface area contributed by atoms with E-state index in [2.05, 4.69) is 20.6 Å². The predicted octanol–water partition coefficient (Wildman–Crippen LogP) is 3.43. The lowest BCUT2D eigenvalue weighted by Gasteiger charge is -2.12. The van der Waals surface area contributed by atoms with Crippen molar-refractivity contribution in [2.75, 3.05) is 14.2 Å². The lowest BCUT2D eigenvalue weighted by molar-refractivity contribution is -0.114. The van der Waals surface area contributed by atoms with Gasteiger partial charge in [-0.1, -0.05) is 28.5 Å². The first-order chi connectivity index (χ1) is 13.4. The molecule has 28 heavy (non-hydrogen) atoms. The average Bonchev–Trinajstić information content (AvgIpc) is 3.17. The van der Waals surface area contributed by atoms with Gasteiger partial charge in [-0.3, -0.25) is 4.79 Å². The summed E-state index contributed by atoms with van der Waals surface area (Å²) in [6.07, 6.45) is -1.45. The van der Waals surface area contributed by atoms with E-state index in [0.29, 0.717) is 21.8 Å². The number of carbonyl (C=O) groups is 1. The van der Waals surface area contributed by atoms with Crippen LogP contribution < -0.4 is 5.32 Å². The molecule has 150 valence electrons. The van der Waals surface area contributed by atoms with Crippen molar-refractivity contribution in [2.45, 2.75) is 26.9 Å². The number of aromatic nitrogens is 1. The molecule has 1 aromatic heterocycles. The molecule has 1 amide bonds. The summed E-state index contributed by atoms with van der Waals surface area (Å²) >= 11 is 0.860. The van der Waals surface area contributed by atoms with Gasteiger partial charge in [-0.05, 0) is 19.4 Å². The van der Waals surface area contributed by atoms with Gasteiger partial charge in [-0.2, -0.15) is 0 Å². The summed E-state index contributed by atoms with van der Waals surface area (Å²) in [6.45, 7) is 3.53. The maximum Gasteiger partial charge on any atom is 0.274 e. The Hall–Kier alpha value is -2.88. The van der Waals surface area contributed by atoms with Crippen LogP contribution >= 0.6 is 11.3 Å². The molecule has 0 aliphatic carbocycles. The van der Waals surface area contributed by atoms with E-state index in [1.54, 1.807) is 19.1 Å². The SMILES string of the molecule is CNC(=O)/C(=N/OC)c1cccc(C)c1CO/N=C(\C)c1ncc(C(F)F)s1. The summed E-state index contributed by atoms with van der Waals surface area (Å²) in [5.41, 5.74) is 2.60. The van der Waals surface area contributed by atoms with E-state index in [1.807, 2.05) is 13.0 Å². The fourth-order valence-corrected chi connectivity index (χ4v) is 3.03. The van der Waals surface area contributed by atoms with Crippen LogP contribution in [0.5, 0.6) is 0 Å². The minimum Gasteiger partial charge on any atom is -0.398 e. The molecule has 0 aliphatic heterocycles. The zero-order valence-corrected chi connectivity index (χ0v) is 16.6. The Kier molecular flexibility index (Phi) is 7.56. The van der Waals surface area contributed by atoms with Crippen LogP contribution in [0.25, 0.3) is 0 Å². The summed E-state index contributed by atoms with van der Waals surface area (Å²) < 4.78 is 25.4. The van der Waals surface area contributed by atoms with Gasteiger partial charge in [0.2, 0.25) is 0 Å². The Labute approximate surface area is 165 Å². The van der Waals surface area contributed by atoms with Crippen LogP contribution in [0.1, 0.15) is 39.9 Å². The third-order valence-corrected chi connectivity index (χ3v) is 4.86. The highest BCUT2D eigenvalue weighted by atomic mass is 32.1. The van der Waals surface area contributed by atoms with Gasteiger partial charge in [0.05, 0.1) is 4.88 Å². The number of rotatable bonds is 8. The summed E-state index contributed by atoms with van der Waals surface area (Å²) in [4.78, 5) is 26.1. The van der Waals surface area contributed by atoms with Crippen LogP contribution in [0, 0.1) is 6.92 Å². The molecule has 1 heterocycles. The van der Waals surface area contributed by atoms with E-state index >= 15 is 0 Å². The Morgan fingerprint density at radius 1 is 1.36 bits per heavy atom. The van der Waals surface area contributed by atoms with E-state index in [0.717, 1.165) is 23.1 Å². The number of hydrogen-bond acceptors (Lipinski definition) is 7. The molecule has 0 unspecified atom stereocenters. The maximum absolute atomic E-state index is 12.7. The number of aryl methyl sites for hydroxylation is 1. The van der Waals surface area contributed by atoms with Gasteiger partial charge < -0.3 is 15.0 Å². The molecular formula is C18H20F2N4O3S. The highest BCUT2D eigenvalue weighted by Crippen LogP contribution is 2.25. The lowest BCUT2D eigenvalue weighted by atomic mass is 9.98. The zero-order chi connectivity index (χ0) is 20.7. The molecule has 7 nitrogen and oxygen atoms in total. The average molecular weight is 410 g/mol. The Bertz CT molecular complexity index is 897. The minimum atomic E-state index is -2.57. The van der Waals surface area contributed by atoms with Crippen LogP contribution in [0.4, 0.5) is 8.78 Å². The number of carbonyl (C=O) groups excluding carboxylic acids is 1. The standard InChI is InChI=1S/C18H20F2N4O3S/c1-10-6-5-7-12(15(24-26-4)17(25)21-3)13(10)9-27-23-11(2)18-22-8-14(28-18)16(19)20/h5-8,16H,9H2,1-4H3,(H,21,25)/b23-11+,24-15+. The predicted molar refractivity (Wildman–Crippen MR) is 103 cm³/mol. The van der Waals surface area contributed by atoms with Crippen molar-refractivity contribution >= 4 is 28.7 Å². The first-order valence-corrected chi connectivity index (χ1v) is 9.03. The van der Waals surface area contributed by atoms with Gasteiger partial charge in [0.1, 0.15) is 24.4 Å². The van der Waals surface area contributed by atoms with Gasteiger partial charge >= 0.3 is 0 Å². The second-order valence-electron chi connectivity index (χ2n) is 5.62. The molecular weight excluding hydrogens is 390 g/mol. The Morgan fingerprint density at radius 3 is 2.71 bits per heavy atom. The van der Waals surface area contributed by atoms with Gasteiger partial charge in [-0.25, -0.2) is 13.8 Å². The van der Waals surface area contributed by atoms with Crippen LogP contribution in [0.15, 0.2) is 34.7 Å². The monoisotopic (exact) mass is 410 g/mol. The molecule has 0 fully saturated rings. The number of amides is 1. The van der Waals surface area contributed by atoms with Gasteiger partial charge in [0.25, 0.3) is 12.3 Å². The van der Waals surface area contributed by atoms with Gasteiger partial charge in [0.15, 0.2) is 5.71 Å². The Balaban J connectivity index is 2.24. The fourth-order valence-electron chi connectivity index (χ4n) is 2.33. The number of likely N-dealkylation sites (N-methyl/N-ethyl adjacent to an activating group) is 1. The number of thiazole rings is 1. The zero-order valence-electron chi connectivity index (χ0n) is 15.8. The van der Waals surface area contributed by atoms with Crippen LogP contribution in [0.3, 0.4) is 0 Å². The van der Waals surface area contributed by atoms with Crippen molar-refractivity contribution in [1.82, 2.24) is 10.3 Å². The number of nitrogens with zero attached hydrogens (tertiary/aromatic N) is 3. The second-order valence-corrected chi connectivity index (χ2v) is 6.68. The Morgan fingerprint density at radius 2 is 2.11 bits per heavy atom. The molecule has 10 heteroatoms. The van der Waals surface area contributed by atoms with Crippen molar-refractivity contribution in [3.05, 3.63) is 51.0 Å². The van der Waals surface area contributed by atoms with Gasteiger partial charge in [0, 0.05) is 24.4 Å². The highest BCUT2D eigenvalue weighted by Gasteiger charge is 2.19. The number of hydrogen-bond donors (Lipinski definition) is 1. The number of oxime groups is 2. The second kappa shape index (κ2) is 9.88. The van der Waals surface area contributed by atoms with E-state index in [-0.39, 0.29) is 17.2 Å². The normalized spacial score (nSPS) is 12.2. The molecule has 0 saturated heterocycles. The van der Waals surface area contributed by atoms with E-state index < -0.39 is 12.3 Å². The number of nitrogens with one attached hydrogen (secondary N) is 1. The molecule has 0 aliphatic rings. The number of benzene rings is 1. The molecule has 0 radical (unpaired) electrons. The number of halogens is 2. The minimum absolute atomic E-state index is 0.0478. The van der Waals surface area contributed by atoms with Gasteiger partial charge in [-0.15, -0.1) is 11.3 Å². The molecule has 1 N–H and O–H groups in total. The van der Waals surface area contributed by atoms with Crippen molar-refractivity contribution < 1.29 is 23.3 Å². The molecule has 0 saturated carbocycles. The fraction of sp³-hybridized carbons (Fsp3) is 0.333. The molecule has 0 spiro atoms. The largest absolute Gasteiger partial charge is 0.398 e. The quantitative estimate of drug-likeness (QED) is 0.534.